The molecule has 0 radical (unpaired) electrons. The zero-order chi connectivity index (χ0) is 20.8. The molecule has 0 atom stereocenters. The lowest BCUT2D eigenvalue weighted by molar-refractivity contribution is -0.130. The third-order valence-electron chi connectivity index (χ3n) is 4.12. The van der Waals surface area contributed by atoms with Crippen LogP contribution in [-0.4, -0.2) is 37.3 Å². The Hall–Kier alpha value is -3.72. The maximum absolute atomic E-state index is 12.5. The summed E-state index contributed by atoms with van der Waals surface area (Å²) in [4.78, 5) is 47.5. The van der Waals surface area contributed by atoms with E-state index in [1.807, 2.05) is 0 Å². The molecular formula is C20H20N4O5. The number of hydrogen-bond donors (Lipinski definition) is 3. The van der Waals surface area contributed by atoms with Crippen LogP contribution >= 0.6 is 0 Å². The highest BCUT2D eigenvalue weighted by atomic mass is 16.5. The first-order valence-corrected chi connectivity index (χ1v) is 8.89. The number of hydrogen-bond acceptors (Lipinski definition) is 5. The normalized spacial score (nSPS) is 13.6. The smallest absolute Gasteiger partial charge is 0.255 e. The van der Waals surface area contributed by atoms with Gasteiger partial charge in [-0.1, -0.05) is 6.07 Å². The van der Waals surface area contributed by atoms with Crippen molar-refractivity contribution in [1.29, 1.82) is 0 Å². The van der Waals surface area contributed by atoms with Gasteiger partial charge >= 0.3 is 0 Å². The van der Waals surface area contributed by atoms with Gasteiger partial charge in [-0.15, -0.1) is 0 Å². The van der Waals surface area contributed by atoms with Crippen molar-refractivity contribution in [2.75, 3.05) is 29.4 Å². The molecule has 1 heterocycles. The fraction of sp³-hybridized carbons (Fsp3) is 0.200. The van der Waals surface area contributed by atoms with Crippen LogP contribution in [0.5, 0.6) is 0 Å². The van der Waals surface area contributed by atoms with Crippen LogP contribution in [0.25, 0.3) is 0 Å². The van der Waals surface area contributed by atoms with Gasteiger partial charge in [0.15, 0.2) is 0 Å². The fourth-order valence-corrected chi connectivity index (χ4v) is 2.75. The number of ether oxygens (including phenoxy) is 1. The molecule has 2 aromatic rings. The van der Waals surface area contributed by atoms with Crippen molar-refractivity contribution >= 4 is 40.7 Å². The van der Waals surface area contributed by atoms with E-state index in [0.717, 1.165) is 0 Å². The Bertz CT molecular complexity index is 942. The summed E-state index contributed by atoms with van der Waals surface area (Å²) in [5, 5.41) is 6.59. The number of carbonyl (C=O) groups excluding carboxylic acids is 4. The van der Waals surface area contributed by atoms with Crippen molar-refractivity contribution in [3.8, 4) is 0 Å². The first kappa shape index (κ1) is 20.0. The quantitative estimate of drug-likeness (QED) is 0.687. The molecule has 150 valence electrons. The Balaban J connectivity index is 1.66. The molecule has 0 saturated carbocycles. The zero-order valence-electron chi connectivity index (χ0n) is 15.7. The summed E-state index contributed by atoms with van der Waals surface area (Å²) in [6, 6.07) is 13.0. The average Bonchev–Trinajstić information content (AvgIpc) is 2.70. The molecule has 1 aliphatic heterocycles. The van der Waals surface area contributed by atoms with Crippen LogP contribution in [0, 0.1) is 0 Å². The van der Waals surface area contributed by atoms with E-state index in [9.17, 15) is 19.2 Å². The van der Waals surface area contributed by atoms with Gasteiger partial charge in [-0.3, -0.25) is 24.6 Å². The van der Waals surface area contributed by atoms with E-state index in [1.165, 1.54) is 12.1 Å². The second kappa shape index (κ2) is 8.98. The van der Waals surface area contributed by atoms with Gasteiger partial charge in [0, 0.05) is 36.9 Å². The Kier molecular flexibility index (Phi) is 6.20. The van der Waals surface area contributed by atoms with Crippen molar-refractivity contribution in [2.45, 2.75) is 12.8 Å². The van der Waals surface area contributed by atoms with E-state index in [4.69, 9.17) is 4.74 Å². The summed E-state index contributed by atoms with van der Waals surface area (Å²) in [7, 11) is 1.43. The molecule has 9 heteroatoms. The van der Waals surface area contributed by atoms with Crippen molar-refractivity contribution < 1.29 is 23.9 Å². The predicted molar refractivity (Wildman–Crippen MR) is 106 cm³/mol. The second-order valence-electron chi connectivity index (χ2n) is 6.33. The number of benzene rings is 2. The molecule has 2 aromatic carbocycles. The molecule has 1 fully saturated rings. The van der Waals surface area contributed by atoms with Crippen LogP contribution in [0.2, 0.25) is 0 Å². The number of amides is 4. The number of rotatable bonds is 6. The Labute approximate surface area is 167 Å². The summed E-state index contributed by atoms with van der Waals surface area (Å²) in [6.45, 7) is -0.0666. The largest absolute Gasteiger partial charge is 0.375 e. The molecule has 3 rings (SSSR count). The molecular weight excluding hydrogens is 376 g/mol. The lowest BCUT2D eigenvalue weighted by Gasteiger charge is -2.27. The van der Waals surface area contributed by atoms with Gasteiger partial charge < -0.3 is 15.4 Å². The van der Waals surface area contributed by atoms with Crippen LogP contribution in [0.4, 0.5) is 17.1 Å². The molecule has 0 unspecified atom stereocenters. The first-order valence-electron chi connectivity index (χ1n) is 8.89. The van der Waals surface area contributed by atoms with Gasteiger partial charge in [-0.25, -0.2) is 5.01 Å². The van der Waals surface area contributed by atoms with E-state index in [1.54, 1.807) is 48.5 Å². The predicted octanol–water partition coefficient (Wildman–Crippen LogP) is 1.68. The Morgan fingerprint density at radius 1 is 1.03 bits per heavy atom. The van der Waals surface area contributed by atoms with Crippen LogP contribution in [0.15, 0.2) is 48.5 Å². The first-order chi connectivity index (χ1) is 14.0. The summed E-state index contributed by atoms with van der Waals surface area (Å²) in [6.07, 6.45) is 0.312. The minimum atomic E-state index is -0.356. The molecule has 4 amide bonds. The fourth-order valence-electron chi connectivity index (χ4n) is 2.75. The molecule has 1 saturated heterocycles. The SMILES string of the molecule is COCC(=O)Nc1cccc(NC(=O)c2ccc(N3NC(=O)CCC3=O)cc2)c1. The van der Waals surface area contributed by atoms with E-state index >= 15 is 0 Å². The Morgan fingerprint density at radius 3 is 2.41 bits per heavy atom. The van der Waals surface area contributed by atoms with E-state index in [-0.39, 0.29) is 43.1 Å². The standard InChI is InChI=1S/C20H20N4O5/c1-29-12-18(26)21-14-3-2-4-15(11-14)22-20(28)13-5-7-16(8-6-13)24-19(27)10-9-17(25)23-24/h2-8,11H,9-10,12H2,1H3,(H,21,26)(H,22,28)(H,23,25). The number of hydrazine groups is 1. The molecule has 1 aliphatic rings. The molecule has 3 N–H and O–H groups in total. The van der Waals surface area contributed by atoms with Crippen LogP contribution in [0.3, 0.4) is 0 Å². The summed E-state index contributed by atoms with van der Waals surface area (Å²) in [5.41, 5.74) is 4.39. The molecule has 0 bridgehead atoms. The second-order valence-corrected chi connectivity index (χ2v) is 6.33. The van der Waals surface area contributed by atoms with Crippen LogP contribution in [-0.2, 0) is 19.1 Å². The van der Waals surface area contributed by atoms with Crippen molar-refractivity contribution in [2.24, 2.45) is 0 Å². The topological polar surface area (TPSA) is 117 Å². The number of carbonyl (C=O) groups is 4. The van der Waals surface area contributed by atoms with Crippen molar-refractivity contribution in [3.05, 3.63) is 54.1 Å². The number of anilines is 3. The molecule has 9 nitrogen and oxygen atoms in total. The van der Waals surface area contributed by atoms with Gasteiger partial charge in [0.25, 0.3) is 5.91 Å². The van der Waals surface area contributed by atoms with Crippen molar-refractivity contribution in [1.82, 2.24) is 5.43 Å². The van der Waals surface area contributed by atoms with Crippen LogP contribution < -0.4 is 21.1 Å². The maximum Gasteiger partial charge on any atom is 0.255 e. The monoisotopic (exact) mass is 396 g/mol. The Morgan fingerprint density at radius 2 is 1.72 bits per heavy atom. The van der Waals surface area contributed by atoms with Gasteiger partial charge in [-0.05, 0) is 42.5 Å². The minimum absolute atomic E-state index is 0.0666. The molecule has 0 aliphatic carbocycles. The average molecular weight is 396 g/mol. The number of methoxy groups -OCH3 is 1. The number of nitrogens with zero attached hydrogens (tertiary/aromatic N) is 1. The van der Waals surface area contributed by atoms with Gasteiger partial charge in [0.05, 0.1) is 5.69 Å². The third kappa shape index (κ3) is 5.17. The lowest BCUT2D eigenvalue weighted by Crippen LogP contribution is -2.50. The van der Waals surface area contributed by atoms with E-state index in [0.29, 0.717) is 22.6 Å². The minimum Gasteiger partial charge on any atom is -0.375 e. The van der Waals surface area contributed by atoms with Gasteiger partial charge in [0.1, 0.15) is 6.61 Å². The number of nitrogens with one attached hydrogen (secondary N) is 3. The lowest BCUT2D eigenvalue weighted by atomic mass is 10.1. The summed E-state index contributed by atoms with van der Waals surface area (Å²) >= 11 is 0. The zero-order valence-corrected chi connectivity index (χ0v) is 15.7. The molecule has 29 heavy (non-hydrogen) atoms. The van der Waals surface area contributed by atoms with Crippen LogP contribution in [0.1, 0.15) is 23.2 Å². The highest BCUT2D eigenvalue weighted by Gasteiger charge is 2.24. The third-order valence-corrected chi connectivity index (χ3v) is 4.12. The van der Waals surface area contributed by atoms with Gasteiger partial charge in [0.2, 0.25) is 17.7 Å². The summed E-state index contributed by atoms with van der Waals surface area (Å²) < 4.78 is 4.77. The van der Waals surface area contributed by atoms with Gasteiger partial charge in [-0.2, -0.15) is 0 Å². The van der Waals surface area contributed by atoms with Crippen molar-refractivity contribution in [3.63, 3.8) is 0 Å². The highest BCUT2D eigenvalue weighted by Crippen LogP contribution is 2.19. The molecule has 0 aromatic heterocycles. The highest BCUT2D eigenvalue weighted by molar-refractivity contribution is 6.05. The van der Waals surface area contributed by atoms with E-state index in [2.05, 4.69) is 16.1 Å². The maximum atomic E-state index is 12.5. The summed E-state index contributed by atoms with van der Waals surface area (Å²) in [5.74, 6) is -1.10. The molecule has 0 spiro atoms. The van der Waals surface area contributed by atoms with E-state index < -0.39 is 0 Å².